The van der Waals surface area contributed by atoms with Crippen molar-refractivity contribution in [3.05, 3.63) is 64.0 Å². The summed E-state index contributed by atoms with van der Waals surface area (Å²) >= 11 is 0. The third-order valence-corrected chi connectivity index (χ3v) is 6.16. The standard InChI is InChI=1S/C17H18FN3O4S/c18-14-5-3-13(4-6-14)12-19-16-8-7-15(11-17(16)21(22)23)26(24,25)20-9-1-2-10-20/h3-8,11,19H,1-2,9-10,12H2. The maximum atomic E-state index is 12.9. The second kappa shape index (κ2) is 7.38. The molecule has 26 heavy (non-hydrogen) atoms. The number of nitrogens with zero attached hydrogens (tertiary/aromatic N) is 2. The van der Waals surface area contributed by atoms with Gasteiger partial charge in [0.05, 0.1) is 9.82 Å². The fraction of sp³-hybridized carbons (Fsp3) is 0.294. The van der Waals surface area contributed by atoms with Crippen molar-refractivity contribution in [3.63, 3.8) is 0 Å². The lowest BCUT2D eigenvalue weighted by Gasteiger charge is -2.16. The Morgan fingerprint density at radius 1 is 1.12 bits per heavy atom. The number of nitro benzene ring substituents is 1. The van der Waals surface area contributed by atoms with Gasteiger partial charge in [-0.1, -0.05) is 12.1 Å². The summed E-state index contributed by atoms with van der Waals surface area (Å²) < 4.78 is 39.4. The average molecular weight is 379 g/mol. The predicted octanol–water partition coefficient (Wildman–Crippen LogP) is 3.13. The molecular weight excluding hydrogens is 361 g/mol. The Balaban J connectivity index is 1.85. The Morgan fingerprint density at radius 3 is 2.38 bits per heavy atom. The van der Waals surface area contributed by atoms with Crippen LogP contribution >= 0.6 is 0 Å². The predicted molar refractivity (Wildman–Crippen MR) is 94.8 cm³/mol. The minimum absolute atomic E-state index is 0.0848. The van der Waals surface area contributed by atoms with Crippen molar-refractivity contribution in [1.29, 1.82) is 0 Å². The topological polar surface area (TPSA) is 92.5 Å². The normalized spacial score (nSPS) is 15.1. The van der Waals surface area contributed by atoms with Crippen molar-refractivity contribution in [3.8, 4) is 0 Å². The molecule has 138 valence electrons. The van der Waals surface area contributed by atoms with E-state index in [1.54, 1.807) is 12.1 Å². The van der Waals surface area contributed by atoms with Gasteiger partial charge in [0.2, 0.25) is 10.0 Å². The Morgan fingerprint density at radius 2 is 1.77 bits per heavy atom. The number of benzene rings is 2. The summed E-state index contributed by atoms with van der Waals surface area (Å²) in [6, 6.07) is 9.59. The van der Waals surface area contributed by atoms with Crippen LogP contribution in [0.3, 0.4) is 0 Å². The molecule has 3 rings (SSSR count). The van der Waals surface area contributed by atoms with E-state index < -0.39 is 14.9 Å². The molecule has 0 aromatic heterocycles. The van der Waals surface area contributed by atoms with Crippen molar-refractivity contribution >= 4 is 21.4 Å². The fourth-order valence-electron chi connectivity index (χ4n) is 2.85. The smallest absolute Gasteiger partial charge is 0.293 e. The van der Waals surface area contributed by atoms with Crippen molar-refractivity contribution < 1.29 is 17.7 Å². The summed E-state index contributed by atoms with van der Waals surface area (Å²) in [7, 11) is -3.72. The highest BCUT2D eigenvalue weighted by Gasteiger charge is 2.29. The summed E-state index contributed by atoms with van der Waals surface area (Å²) in [5.74, 6) is -0.365. The third kappa shape index (κ3) is 3.83. The van der Waals surface area contributed by atoms with Crippen LogP contribution in [0.2, 0.25) is 0 Å². The molecule has 0 aliphatic carbocycles. The number of rotatable bonds is 6. The number of anilines is 1. The average Bonchev–Trinajstić information content (AvgIpc) is 3.16. The van der Waals surface area contributed by atoms with Gasteiger partial charge in [-0.15, -0.1) is 0 Å². The van der Waals surface area contributed by atoms with Crippen LogP contribution in [-0.2, 0) is 16.6 Å². The van der Waals surface area contributed by atoms with Crippen LogP contribution in [0.4, 0.5) is 15.8 Å². The fourth-order valence-corrected chi connectivity index (χ4v) is 4.39. The largest absolute Gasteiger partial charge is 0.375 e. The maximum absolute atomic E-state index is 12.9. The molecule has 0 atom stereocenters. The lowest BCUT2D eigenvalue weighted by atomic mass is 10.2. The van der Waals surface area contributed by atoms with E-state index in [1.807, 2.05) is 0 Å². The first kappa shape index (κ1) is 18.3. The molecule has 0 bridgehead atoms. The number of nitrogens with one attached hydrogen (secondary N) is 1. The highest BCUT2D eigenvalue weighted by atomic mass is 32.2. The van der Waals surface area contributed by atoms with Crippen LogP contribution in [0.25, 0.3) is 0 Å². The van der Waals surface area contributed by atoms with Crippen molar-refractivity contribution in [2.24, 2.45) is 0 Å². The molecule has 0 saturated carbocycles. The van der Waals surface area contributed by atoms with Crippen molar-refractivity contribution in [2.45, 2.75) is 24.3 Å². The molecule has 2 aromatic rings. The van der Waals surface area contributed by atoms with E-state index >= 15 is 0 Å². The second-order valence-electron chi connectivity index (χ2n) is 6.03. The zero-order chi connectivity index (χ0) is 18.7. The van der Waals surface area contributed by atoms with Gasteiger partial charge in [0.1, 0.15) is 11.5 Å². The van der Waals surface area contributed by atoms with E-state index in [-0.39, 0.29) is 28.6 Å². The minimum atomic E-state index is -3.72. The Labute approximate surface area is 150 Å². The van der Waals surface area contributed by atoms with E-state index in [4.69, 9.17) is 0 Å². The van der Waals surface area contributed by atoms with Crippen molar-refractivity contribution in [1.82, 2.24) is 4.31 Å². The highest BCUT2D eigenvalue weighted by Crippen LogP contribution is 2.30. The molecule has 9 heteroatoms. The summed E-state index contributed by atoms with van der Waals surface area (Å²) in [6.07, 6.45) is 1.58. The number of halogens is 1. The second-order valence-corrected chi connectivity index (χ2v) is 7.97. The van der Waals surface area contributed by atoms with E-state index in [2.05, 4.69) is 5.32 Å². The van der Waals surface area contributed by atoms with Crippen LogP contribution in [0, 0.1) is 15.9 Å². The molecule has 1 N–H and O–H groups in total. The summed E-state index contributed by atoms with van der Waals surface area (Å²) in [4.78, 5) is 10.7. The van der Waals surface area contributed by atoms with Gasteiger partial charge in [-0.25, -0.2) is 12.8 Å². The minimum Gasteiger partial charge on any atom is -0.375 e. The number of hydrogen-bond acceptors (Lipinski definition) is 5. The van der Waals surface area contributed by atoms with E-state index in [9.17, 15) is 22.9 Å². The van der Waals surface area contributed by atoms with E-state index in [1.165, 1.54) is 28.6 Å². The molecule has 1 aliphatic heterocycles. The van der Waals surface area contributed by atoms with Crippen LogP contribution in [0.15, 0.2) is 47.4 Å². The van der Waals surface area contributed by atoms with Crippen LogP contribution in [0.5, 0.6) is 0 Å². The van der Waals surface area contributed by atoms with Gasteiger partial charge < -0.3 is 5.32 Å². The van der Waals surface area contributed by atoms with Gasteiger partial charge >= 0.3 is 0 Å². The number of nitro groups is 1. The van der Waals surface area contributed by atoms with Gasteiger partial charge in [0.25, 0.3) is 5.69 Å². The Kier molecular flexibility index (Phi) is 5.19. The first-order chi connectivity index (χ1) is 12.4. The van der Waals surface area contributed by atoms with Crippen LogP contribution < -0.4 is 5.32 Å². The lowest BCUT2D eigenvalue weighted by Crippen LogP contribution is -2.27. The van der Waals surface area contributed by atoms with Gasteiger partial charge in [-0.2, -0.15) is 4.31 Å². The molecule has 0 spiro atoms. The molecule has 1 aliphatic rings. The summed E-state index contributed by atoms with van der Waals surface area (Å²) in [6.45, 7) is 1.11. The number of hydrogen-bond donors (Lipinski definition) is 1. The molecule has 7 nitrogen and oxygen atoms in total. The lowest BCUT2D eigenvalue weighted by molar-refractivity contribution is -0.384. The highest BCUT2D eigenvalue weighted by molar-refractivity contribution is 7.89. The Bertz CT molecular complexity index is 910. The molecule has 0 unspecified atom stereocenters. The monoisotopic (exact) mass is 379 g/mol. The van der Waals surface area contributed by atoms with Gasteiger partial charge in [-0.05, 0) is 42.7 Å². The SMILES string of the molecule is O=[N+]([O-])c1cc(S(=O)(=O)N2CCCC2)ccc1NCc1ccc(F)cc1. The first-order valence-electron chi connectivity index (χ1n) is 8.15. The maximum Gasteiger partial charge on any atom is 0.293 e. The van der Waals surface area contributed by atoms with E-state index in [0.717, 1.165) is 24.5 Å². The molecule has 2 aromatic carbocycles. The summed E-state index contributed by atoms with van der Waals surface area (Å²) in [5, 5.41) is 14.3. The van der Waals surface area contributed by atoms with E-state index in [0.29, 0.717) is 13.1 Å². The van der Waals surface area contributed by atoms with Crippen molar-refractivity contribution in [2.75, 3.05) is 18.4 Å². The zero-order valence-corrected chi connectivity index (χ0v) is 14.7. The molecule has 0 radical (unpaired) electrons. The first-order valence-corrected chi connectivity index (χ1v) is 9.59. The van der Waals surface area contributed by atoms with Gasteiger partial charge in [-0.3, -0.25) is 10.1 Å². The van der Waals surface area contributed by atoms with Gasteiger partial charge in [0.15, 0.2) is 0 Å². The molecular formula is C17H18FN3O4S. The third-order valence-electron chi connectivity index (χ3n) is 4.26. The van der Waals surface area contributed by atoms with Gasteiger partial charge in [0, 0.05) is 25.7 Å². The zero-order valence-electron chi connectivity index (χ0n) is 13.9. The molecule has 1 fully saturated rings. The Hall–Kier alpha value is -2.52. The van der Waals surface area contributed by atoms with Crippen LogP contribution in [0.1, 0.15) is 18.4 Å². The quantitative estimate of drug-likeness (QED) is 0.615. The number of sulfonamides is 1. The molecule has 0 amide bonds. The molecule has 1 saturated heterocycles. The van der Waals surface area contributed by atoms with Crippen LogP contribution in [-0.4, -0.2) is 30.7 Å². The summed E-state index contributed by atoms with van der Waals surface area (Å²) in [5.41, 5.74) is 0.640. The molecule has 1 heterocycles.